The fourth-order valence-corrected chi connectivity index (χ4v) is 2.21. The molecule has 0 aromatic carbocycles. The Balaban J connectivity index is 0.000000220. The Morgan fingerprint density at radius 2 is 1.50 bits per heavy atom. The Bertz CT molecular complexity index is 791. The van der Waals surface area contributed by atoms with E-state index < -0.39 is 41.7 Å². The average Bonchev–Trinajstić information content (AvgIpc) is 2.37. The molecule has 0 unspecified atom stereocenters. The van der Waals surface area contributed by atoms with Crippen molar-refractivity contribution in [1.82, 2.24) is 9.97 Å². The number of hydrogen-bond acceptors (Lipinski definition) is 8. The van der Waals surface area contributed by atoms with Crippen molar-refractivity contribution < 1.29 is 36.2 Å². The van der Waals surface area contributed by atoms with Crippen LogP contribution in [0.15, 0.2) is 46.7 Å². The van der Waals surface area contributed by atoms with Crippen LogP contribution in [0.25, 0.3) is 0 Å². The molecule has 0 fully saturated rings. The summed E-state index contributed by atoms with van der Waals surface area (Å²) in [4.78, 5) is 6.09. The molecule has 0 saturated carbocycles. The second-order valence-corrected chi connectivity index (χ2v) is 6.35. The Morgan fingerprint density at radius 3 is 1.86 bits per heavy atom. The van der Waals surface area contributed by atoms with E-state index in [4.69, 9.17) is 19.3 Å². The van der Waals surface area contributed by atoms with Gasteiger partial charge in [0.25, 0.3) is 10.1 Å². The second-order valence-electron chi connectivity index (χ2n) is 3.62. The lowest BCUT2D eigenvalue weighted by molar-refractivity contribution is 0.434. The third-order valence-corrected chi connectivity index (χ3v) is 3.71. The number of pyridine rings is 2. The van der Waals surface area contributed by atoms with Crippen LogP contribution in [0.5, 0.6) is 11.5 Å². The number of rotatable bonds is 2. The van der Waals surface area contributed by atoms with Crippen LogP contribution in [-0.4, -0.2) is 46.1 Å². The molecule has 0 aliphatic rings. The molecule has 0 aliphatic heterocycles. The van der Waals surface area contributed by atoms with E-state index in [0.29, 0.717) is 0 Å². The normalized spacial score (nSPS) is 11.4. The van der Waals surface area contributed by atoms with Gasteiger partial charge in [-0.25, -0.2) is 4.98 Å². The first-order chi connectivity index (χ1) is 10.0. The average molecular weight is 350 g/mol. The summed E-state index contributed by atoms with van der Waals surface area (Å²) in [6.45, 7) is 0. The van der Waals surface area contributed by atoms with Crippen LogP contribution >= 0.6 is 0 Å². The summed E-state index contributed by atoms with van der Waals surface area (Å²) in [6, 6.07) is 3.54. The SMILES string of the molecule is O=S(=O)(O)c1cnccc1O.O=S(=O)(O)c1ncccc1O. The molecule has 0 aliphatic carbocycles. The molecule has 2 rings (SSSR count). The lowest BCUT2D eigenvalue weighted by Gasteiger charge is -1.96. The van der Waals surface area contributed by atoms with Crippen LogP contribution in [0, 0.1) is 0 Å². The molecule has 0 atom stereocenters. The molecular formula is C10H10N2O8S2. The van der Waals surface area contributed by atoms with Crippen LogP contribution in [0.4, 0.5) is 0 Å². The van der Waals surface area contributed by atoms with Crippen LogP contribution in [0.2, 0.25) is 0 Å². The molecule has 2 aromatic heterocycles. The van der Waals surface area contributed by atoms with Crippen molar-refractivity contribution in [3.8, 4) is 11.5 Å². The van der Waals surface area contributed by atoms with Crippen molar-refractivity contribution in [3.05, 3.63) is 36.8 Å². The molecule has 22 heavy (non-hydrogen) atoms. The summed E-state index contributed by atoms with van der Waals surface area (Å²) in [5, 5.41) is 17.0. The van der Waals surface area contributed by atoms with E-state index in [2.05, 4.69) is 9.97 Å². The highest BCUT2D eigenvalue weighted by molar-refractivity contribution is 7.86. The Kier molecular flexibility index (Phi) is 5.38. The third kappa shape index (κ3) is 4.92. The first-order valence-electron chi connectivity index (χ1n) is 5.25. The van der Waals surface area contributed by atoms with Gasteiger partial charge in [0.1, 0.15) is 5.75 Å². The second kappa shape index (κ2) is 6.65. The third-order valence-electron chi connectivity index (χ3n) is 2.04. The predicted octanol–water partition coefficient (Wildman–Crippen LogP) is 0.0678. The number of aromatic nitrogens is 2. The fraction of sp³-hybridized carbons (Fsp3) is 0. The van der Waals surface area contributed by atoms with Crippen LogP contribution in [0.3, 0.4) is 0 Å². The zero-order valence-corrected chi connectivity index (χ0v) is 12.2. The maximum atomic E-state index is 10.4. The van der Waals surface area contributed by atoms with Gasteiger partial charge in [-0.05, 0) is 18.2 Å². The molecule has 4 N–H and O–H groups in total. The van der Waals surface area contributed by atoms with Crippen LogP contribution < -0.4 is 0 Å². The monoisotopic (exact) mass is 350 g/mol. The number of hydrogen-bond donors (Lipinski definition) is 4. The lowest BCUT2D eigenvalue weighted by atomic mass is 10.5. The van der Waals surface area contributed by atoms with E-state index in [1.54, 1.807) is 0 Å². The Labute approximate surface area is 125 Å². The summed E-state index contributed by atoms with van der Waals surface area (Å²) in [5.41, 5.74) is 0. The molecule has 10 nitrogen and oxygen atoms in total. The fourth-order valence-electron chi connectivity index (χ4n) is 1.15. The van der Waals surface area contributed by atoms with E-state index in [1.807, 2.05) is 0 Å². The molecule has 0 radical (unpaired) electrons. The van der Waals surface area contributed by atoms with E-state index in [-0.39, 0.29) is 0 Å². The standard InChI is InChI=1S/2C5H5NO4S/c7-4-1-2-6-3-5(4)11(8,9)10;7-4-2-1-3-6-5(4)11(8,9)10/h1-3H,(H,6,7)(H,8,9,10);1-3,7H,(H,8,9,10). The minimum absolute atomic E-state index is 0.512. The Morgan fingerprint density at radius 1 is 0.864 bits per heavy atom. The van der Waals surface area contributed by atoms with Crippen molar-refractivity contribution in [3.63, 3.8) is 0 Å². The summed E-state index contributed by atoms with van der Waals surface area (Å²) >= 11 is 0. The van der Waals surface area contributed by atoms with E-state index in [0.717, 1.165) is 24.5 Å². The van der Waals surface area contributed by atoms with Gasteiger partial charge in [0.05, 0.1) is 6.20 Å². The topological polar surface area (TPSA) is 175 Å². The Hall–Kier alpha value is -2.28. The molecule has 0 amide bonds. The van der Waals surface area contributed by atoms with Gasteiger partial charge in [0.2, 0.25) is 5.03 Å². The minimum Gasteiger partial charge on any atom is -0.506 e. The van der Waals surface area contributed by atoms with Crippen molar-refractivity contribution >= 4 is 20.2 Å². The van der Waals surface area contributed by atoms with Crippen molar-refractivity contribution in [1.29, 1.82) is 0 Å². The first-order valence-corrected chi connectivity index (χ1v) is 8.13. The van der Waals surface area contributed by atoms with Gasteiger partial charge in [-0.2, -0.15) is 16.8 Å². The van der Waals surface area contributed by atoms with Crippen molar-refractivity contribution in [2.24, 2.45) is 0 Å². The van der Waals surface area contributed by atoms with Gasteiger partial charge in [-0.3, -0.25) is 14.1 Å². The van der Waals surface area contributed by atoms with Crippen molar-refractivity contribution in [2.75, 3.05) is 0 Å². The molecule has 0 spiro atoms. The smallest absolute Gasteiger partial charge is 0.315 e. The quantitative estimate of drug-likeness (QED) is 0.542. The van der Waals surface area contributed by atoms with Gasteiger partial charge in [0, 0.05) is 12.4 Å². The molecule has 0 saturated heterocycles. The molecular weight excluding hydrogens is 340 g/mol. The maximum Gasteiger partial charge on any atom is 0.315 e. The van der Waals surface area contributed by atoms with Gasteiger partial charge in [-0.1, -0.05) is 0 Å². The molecule has 120 valence electrons. The van der Waals surface area contributed by atoms with Gasteiger partial charge < -0.3 is 10.2 Å². The summed E-state index contributed by atoms with van der Waals surface area (Å²) in [6.07, 6.45) is 3.23. The number of nitrogens with zero attached hydrogens (tertiary/aromatic N) is 2. The number of aromatic hydroxyl groups is 2. The summed E-state index contributed by atoms with van der Waals surface area (Å²) in [5.74, 6) is -1.07. The van der Waals surface area contributed by atoms with Gasteiger partial charge >= 0.3 is 10.1 Å². The molecule has 2 heterocycles. The van der Waals surface area contributed by atoms with Crippen LogP contribution in [0.1, 0.15) is 0 Å². The summed E-state index contributed by atoms with van der Waals surface area (Å²) in [7, 11) is -8.74. The predicted molar refractivity (Wildman–Crippen MR) is 71.4 cm³/mol. The van der Waals surface area contributed by atoms with E-state index in [1.165, 1.54) is 12.3 Å². The van der Waals surface area contributed by atoms with E-state index >= 15 is 0 Å². The molecule has 0 bridgehead atoms. The van der Waals surface area contributed by atoms with Crippen molar-refractivity contribution in [2.45, 2.75) is 9.92 Å². The highest BCUT2D eigenvalue weighted by atomic mass is 32.2. The maximum absolute atomic E-state index is 10.4. The highest BCUT2D eigenvalue weighted by Gasteiger charge is 2.15. The van der Waals surface area contributed by atoms with E-state index in [9.17, 15) is 16.8 Å². The molecule has 12 heteroatoms. The van der Waals surface area contributed by atoms with Crippen LogP contribution in [-0.2, 0) is 20.2 Å². The first kappa shape index (κ1) is 17.8. The zero-order chi connectivity index (χ0) is 17.0. The van der Waals surface area contributed by atoms with Gasteiger partial charge in [0.15, 0.2) is 10.6 Å². The zero-order valence-electron chi connectivity index (χ0n) is 10.6. The summed E-state index contributed by atoms with van der Waals surface area (Å²) < 4.78 is 58.5. The van der Waals surface area contributed by atoms with Gasteiger partial charge in [-0.15, -0.1) is 0 Å². The highest BCUT2D eigenvalue weighted by Crippen LogP contribution is 2.19. The largest absolute Gasteiger partial charge is 0.506 e. The lowest BCUT2D eigenvalue weighted by Crippen LogP contribution is -2.00. The molecule has 2 aromatic rings. The minimum atomic E-state index is -4.39.